The minimum atomic E-state index is -0.647. The first-order valence-corrected chi connectivity index (χ1v) is 19.1. The first kappa shape index (κ1) is 31.0. The summed E-state index contributed by atoms with van der Waals surface area (Å²) in [6.07, 6.45) is 3.67. The van der Waals surface area contributed by atoms with Gasteiger partial charge in [-0.3, -0.25) is 4.98 Å². The van der Waals surface area contributed by atoms with E-state index in [0.717, 1.165) is 28.1 Å². The van der Waals surface area contributed by atoms with Crippen LogP contribution in [0.25, 0.3) is 66.9 Å². The van der Waals surface area contributed by atoms with Gasteiger partial charge in [-0.15, -0.1) is 0 Å². The van der Waals surface area contributed by atoms with Crippen LogP contribution in [-0.4, -0.2) is 15.0 Å². The van der Waals surface area contributed by atoms with Gasteiger partial charge in [-0.05, 0) is 85.6 Å². The second kappa shape index (κ2) is 12.2. The number of benzene rings is 7. The quantitative estimate of drug-likeness (QED) is 0.183. The molecule has 0 N–H and O–H groups in total. The van der Waals surface area contributed by atoms with Crippen LogP contribution in [-0.2, 0) is 5.41 Å². The molecule has 1 atom stereocenters. The minimum Gasteiger partial charge on any atom is -0.264 e. The van der Waals surface area contributed by atoms with E-state index in [1.807, 2.05) is 30.1 Å². The van der Waals surface area contributed by atoms with E-state index < -0.39 is 5.41 Å². The van der Waals surface area contributed by atoms with E-state index in [9.17, 15) is 0 Å². The fourth-order valence-electron chi connectivity index (χ4n) is 8.72. The normalized spacial score (nSPS) is 15.0. The molecule has 252 valence electrons. The van der Waals surface area contributed by atoms with Gasteiger partial charge < -0.3 is 0 Å². The molecule has 1 spiro atoms. The van der Waals surface area contributed by atoms with E-state index in [0.29, 0.717) is 5.82 Å². The molecule has 0 amide bonds. The predicted molar refractivity (Wildman–Crippen MR) is 221 cm³/mol. The summed E-state index contributed by atoms with van der Waals surface area (Å²) >= 11 is 1.89. The van der Waals surface area contributed by atoms with Crippen LogP contribution in [0.3, 0.4) is 0 Å². The third-order valence-corrected chi connectivity index (χ3v) is 12.3. The molecule has 7 aromatic carbocycles. The Labute approximate surface area is 318 Å². The smallest absolute Gasteiger partial charge is 0.160 e. The fourth-order valence-corrected chi connectivity index (χ4v) is 10.0. The summed E-state index contributed by atoms with van der Waals surface area (Å²) in [7, 11) is 0. The van der Waals surface area contributed by atoms with Crippen molar-refractivity contribution in [1.29, 1.82) is 0 Å². The van der Waals surface area contributed by atoms with Gasteiger partial charge in [0.05, 0.1) is 16.8 Å². The number of aromatic nitrogens is 3. The van der Waals surface area contributed by atoms with E-state index in [1.165, 1.54) is 65.1 Å². The summed E-state index contributed by atoms with van der Waals surface area (Å²) in [5, 5.41) is 2.51. The Morgan fingerprint density at radius 3 is 1.91 bits per heavy atom. The van der Waals surface area contributed by atoms with Crippen molar-refractivity contribution in [2.24, 2.45) is 0 Å². The lowest BCUT2D eigenvalue weighted by Crippen LogP contribution is -2.34. The van der Waals surface area contributed by atoms with Gasteiger partial charge in [-0.2, -0.15) is 0 Å². The highest BCUT2D eigenvalue weighted by Gasteiger charge is 2.48. The lowest BCUT2D eigenvalue weighted by atomic mass is 9.62. The van der Waals surface area contributed by atoms with Gasteiger partial charge in [0.15, 0.2) is 5.82 Å². The SMILES string of the molecule is c1ccc(-c2cc(-c3cccnc3)nc(-c3ccc4c(c3)C3(c5ccccc5Sc5c3ccc3ccccc53)c3ccccc3-c3ccccc3-4)n2)cc1. The van der Waals surface area contributed by atoms with Gasteiger partial charge >= 0.3 is 0 Å². The standard InChI is InChI=1S/C50H31N3S/c1-2-14-33(15-3-1)45-30-46(35-16-12-28-51-31-35)53-49(52-45)34-24-26-40-38-19-7-6-18-37(38)39-20-8-9-21-41(39)50(44(40)29-34)42-22-10-11-23-47(42)54-48-36-17-5-4-13-32(36)25-27-43(48)50/h1-31H. The number of fused-ring (bicyclic) bond motifs is 13. The zero-order valence-corrected chi connectivity index (χ0v) is 30.0. The van der Waals surface area contributed by atoms with Crippen LogP contribution in [0.15, 0.2) is 198 Å². The predicted octanol–water partition coefficient (Wildman–Crippen LogP) is 12.5. The largest absolute Gasteiger partial charge is 0.264 e. The number of rotatable bonds is 3. The van der Waals surface area contributed by atoms with Crippen molar-refractivity contribution in [3.8, 4) is 56.2 Å². The molecule has 1 aliphatic carbocycles. The van der Waals surface area contributed by atoms with Crippen LogP contribution in [0.1, 0.15) is 22.3 Å². The third kappa shape index (κ3) is 4.60. The number of nitrogens with zero attached hydrogens (tertiary/aromatic N) is 3. The molecule has 3 heterocycles. The van der Waals surface area contributed by atoms with Crippen LogP contribution in [0.2, 0.25) is 0 Å². The molecule has 4 heteroatoms. The highest BCUT2D eigenvalue weighted by atomic mass is 32.2. The summed E-state index contributed by atoms with van der Waals surface area (Å²) in [4.78, 5) is 17.6. The van der Waals surface area contributed by atoms with E-state index in [1.54, 1.807) is 6.20 Å². The second-order valence-corrected chi connectivity index (χ2v) is 15.0. The zero-order valence-electron chi connectivity index (χ0n) is 29.1. The Hall–Kier alpha value is -6.62. The van der Waals surface area contributed by atoms with Crippen LogP contribution < -0.4 is 0 Å². The maximum Gasteiger partial charge on any atom is 0.160 e. The number of pyridine rings is 1. The molecule has 2 aliphatic rings. The monoisotopic (exact) mass is 705 g/mol. The molecule has 11 rings (SSSR count). The highest BCUT2D eigenvalue weighted by Crippen LogP contribution is 2.62. The van der Waals surface area contributed by atoms with Crippen molar-refractivity contribution in [1.82, 2.24) is 15.0 Å². The van der Waals surface area contributed by atoms with Gasteiger partial charge in [0.2, 0.25) is 0 Å². The van der Waals surface area contributed by atoms with Crippen molar-refractivity contribution >= 4 is 22.5 Å². The van der Waals surface area contributed by atoms with E-state index in [-0.39, 0.29) is 0 Å². The molecule has 0 saturated carbocycles. The molecule has 0 radical (unpaired) electrons. The topological polar surface area (TPSA) is 38.7 Å². The van der Waals surface area contributed by atoms with Gasteiger partial charge in [0, 0.05) is 38.9 Å². The Balaban J connectivity index is 1.28. The Morgan fingerprint density at radius 1 is 0.426 bits per heavy atom. The van der Waals surface area contributed by atoms with Gasteiger partial charge in [-0.1, -0.05) is 157 Å². The zero-order chi connectivity index (χ0) is 35.6. The maximum atomic E-state index is 5.29. The minimum absolute atomic E-state index is 0.647. The summed E-state index contributed by atoms with van der Waals surface area (Å²) in [5.41, 5.74) is 14.0. The molecule has 1 aliphatic heterocycles. The maximum absolute atomic E-state index is 5.29. The molecular weight excluding hydrogens is 675 g/mol. The van der Waals surface area contributed by atoms with Gasteiger partial charge in [0.25, 0.3) is 0 Å². The molecule has 2 aromatic heterocycles. The molecule has 0 fully saturated rings. The van der Waals surface area contributed by atoms with E-state index in [4.69, 9.17) is 9.97 Å². The third-order valence-electron chi connectivity index (χ3n) is 11.1. The van der Waals surface area contributed by atoms with Crippen molar-refractivity contribution < 1.29 is 0 Å². The first-order valence-electron chi connectivity index (χ1n) is 18.3. The van der Waals surface area contributed by atoms with Crippen LogP contribution in [0, 0.1) is 0 Å². The molecule has 9 aromatic rings. The second-order valence-electron chi connectivity index (χ2n) is 13.9. The molecule has 1 unspecified atom stereocenters. The van der Waals surface area contributed by atoms with Crippen molar-refractivity contribution in [3.63, 3.8) is 0 Å². The van der Waals surface area contributed by atoms with E-state index in [2.05, 4.69) is 169 Å². The lowest BCUT2D eigenvalue weighted by molar-refractivity contribution is 0.711. The van der Waals surface area contributed by atoms with Crippen molar-refractivity contribution in [2.75, 3.05) is 0 Å². The van der Waals surface area contributed by atoms with Crippen LogP contribution in [0.5, 0.6) is 0 Å². The number of hydrogen-bond donors (Lipinski definition) is 0. The van der Waals surface area contributed by atoms with Crippen LogP contribution >= 0.6 is 11.8 Å². The molecule has 0 bridgehead atoms. The molecule has 54 heavy (non-hydrogen) atoms. The first-order chi connectivity index (χ1) is 26.8. The van der Waals surface area contributed by atoms with E-state index >= 15 is 0 Å². The van der Waals surface area contributed by atoms with Crippen LogP contribution in [0.4, 0.5) is 0 Å². The Bertz CT molecular complexity index is 2860. The summed E-state index contributed by atoms with van der Waals surface area (Å²) < 4.78 is 0. The van der Waals surface area contributed by atoms with Crippen molar-refractivity contribution in [2.45, 2.75) is 15.2 Å². The Kier molecular flexibility index (Phi) is 7.01. The van der Waals surface area contributed by atoms with Gasteiger partial charge in [-0.25, -0.2) is 9.97 Å². The highest BCUT2D eigenvalue weighted by molar-refractivity contribution is 7.99. The van der Waals surface area contributed by atoms with Crippen molar-refractivity contribution in [3.05, 3.63) is 211 Å². The number of hydrogen-bond acceptors (Lipinski definition) is 4. The fraction of sp³-hybridized carbons (Fsp3) is 0.0200. The average Bonchev–Trinajstić information content (AvgIpc) is 3.35. The summed E-state index contributed by atoms with van der Waals surface area (Å²) in [6.45, 7) is 0. The molecular formula is C50H31N3S. The average molecular weight is 706 g/mol. The summed E-state index contributed by atoms with van der Waals surface area (Å²) in [5.74, 6) is 0.677. The molecule has 0 saturated heterocycles. The Morgan fingerprint density at radius 2 is 1.09 bits per heavy atom. The van der Waals surface area contributed by atoms with Gasteiger partial charge in [0.1, 0.15) is 0 Å². The molecule has 3 nitrogen and oxygen atoms in total. The lowest BCUT2D eigenvalue weighted by Gasteiger charge is -2.43. The summed E-state index contributed by atoms with van der Waals surface area (Å²) in [6, 6.07) is 63.8.